The molecule has 2 aromatic carbocycles. The highest BCUT2D eigenvalue weighted by molar-refractivity contribution is 6.30. The number of aromatic nitrogens is 2. The smallest absolute Gasteiger partial charge is 0.258 e. The van der Waals surface area contributed by atoms with E-state index in [1.807, 2.05) is 20.9 Å². The van der Waals surface area contributed by atoms with E-state index in [0.29, 0.717) is 22.2 Å². The molecule has 1 N–H and O–H groups in total. The molecule has 3 aromatic rings. The van der Waals surface area contributed by atoms with Crippen LogP contribution in [0.15, 0.2) is 48.8 Å². The Balaban J connectivity index is 1.78. The molecule has 0 saturated carbocycles. The van der Waals surface area contributed by atoms with Crippen molar-refractivity contribution in [3.05, 3.63) is 82.1 Å². The minimum Gasteiger partial charge on any atom is -0.483 e. The lowest BCUT2D eigenvalue weighted by Crippen LogP contribution is -2.34. The van der Waals surface area contributed by atoms with Crippen LogP contribution in [0.3, 0.4) is 0 Å². The third-order valence-electron chi connectivity index (χ3n) is 4.38. The van der Waals surface area contributed by atoms with E-state index >= 15 is 0 Å². The van der Waals surface area contributed by atoms with Crippen molar-refractivity contribution in [1.82, 2.24) is 14.9 Å². The fourth-order valence-corrected chi connectivity index (χ4v) is 3.43. The lowest BCUT2D eigenvalue weighted by atomic mass is 10.1. The molecule has 0 fully saturated rings. The van der Waals surface area contributed by atoms with Crippen molar-refractivity contribution in [2.24, 2.45) is 7.05 Å². The Morgan fingerprint density at radius 1 is 1.29 bits per heavy atom. The summed E-state index contributed by atoms with van der Waals surface area (Å²) >= 11 is 6.03. The maximum atomic E-state index is 13.7. The molecule has 1 aromatic heterocycles. The van der Waals surface area contributed by atoms with Gasteiger partial charge in [0.15, 0.2) is 6.61 Å². The zero-order valence-electron chi connectivity index (χ0n) is 15.9. The summed E-state index contributed by atoms with van der Waals surface area (Å²) < 4.78 is 21.2. The molecular formula is C21H21ClFN3O2. The van der Waals surface area contributed by atoms with Gasteiger partial charge in [-0.1, -0.05) is 23.7 Å². The van der Waals surface area contributed by atoms with Crippen molar-refractivity contribution in [3.63, 3.8) is 0 Å². The highest BCUT2D eigenvalue weighted by atomic mass is 35.5. The number of nitrogens with zero attached hydrogens (tertiary/aromatic N) is 2. The second-order valence-electron chi connectivity index (χ2n) is 6.61. The molecule has 146 valence electrons. The molecule has 28 heavy (non-hydrogen) atoms. The molecule has 0 unspecified atom stereocenters. The van der Waals surface area contributed by atoms with Gasteiger partial charge in [-0.25, -0.2) is 9.37 Å². The molecule has 0 aliphatic rings. The third kappa shape index (κ3) is 4.51. The molecule has 0 radical (unpaired) electrons. The Morgan fingerprint density at radius 3 is 2.61 bits per heavy atom. The van der Waals surface area contributed by atoms with Crippen molar-refractivity contribution in [1.29, 1.82) is 0 Å². The topological polar surface area (TPSA) is 56.1 Å². The molecule has 0 saturated heterocycles. The quantitative estimate of drug-likeness (QED) is 0.676. The monoisotopic (exact) mass is 401 g/mol. The van der Waals surface area contributed by atoms with Crippen LogP contribution in [0.1, 0.15) is 28.6 Å². The maximum absolute atomic E-state index is 13.7. The van der Waals surface area contributed by atoms with Gasteiger partial charge in [0.2, 0.25) is 0 Å². The Labute approximate surface area is 168 Å². The summed E-state index contributed by atoms with van der Waals surface area (Å²) in [4.78, 5) is 16.9. The number of ether oxygens (including phenoxy) is 1. The number of imidazole rings is 1. The zero-order valence-corrected chi connectivity index (χ0v) is 16.6. The van der Waals surface area contributed by atoms with Gasteiger partial charge in [-0.2, -0.15) is 0 Å². The molecule has 0 aliphatic heterocycles. The van der Waals surface area contributed by atoms with Gasteiger partial charge in [-0.15, -0.1) is 0 Å². The summed E-state index contributed by atoms with van der Waals surface area (Å²) in [5, 5.41) is 3.50. The van der Waals surface area contributed by atoms with E-state index in [-0.39, 0.29) is 18.3 Å². The highest BCUT2D eigenvalue weighted by Crippen LogP contribution is 2.27. The van der Waals surface area contributed by atoms with Gasteiger partial charge in [0.05, 0.1) is 0 Å². The van der Waals surface area contributed by atoms with Crippen LogP contribution in [-0.4, -0.2) is 22.1 Å². The van der Waals surface area contributed by atoms with Crippen molar-refractivity contribution in [2.45, 2.75) is 19.9 Å². The number of aryl methyl sites for hydroxylation is 3. The average molecular weight is 402 g/mol. The Morgan fingerprint density at radius 2 is 2.00 bits per heavy atom. The van der Waals surface area contributed by atoms with Crippen LogP contribution in [0.4, 0.5) is 4.39 Å². The van der Waals surface area contributed by atoms with Crippen LogP contribution < -0.4 is 10.1 Å². The molecule has 0 aliphatic carbocycles. The molecule has 7 heteroatoms. The van der Waals surface area contributed by atoms with Crippen molar-refractivity contribution >= 4 is 17.5 Å². The largest absolute Gasteiger partial charge is 0.483 e. The fraction of sp³-hybridized carbons (Fsp3) is 0.238. The molecular weight excluding hydrogens is 381 g/mol. The lowest BCUT2D eigenvalue weighted by molar-refractivity contribution is -0.123. The Bertz CT molecular complexity index is 980. The van der Waals surface area contributed by atoms with Crippen LogP contribution in [-0.2, 0) is 11.8 Å². The molecule has 3 rings (SSSR count). The summed E-state index contributed by atoms with van der Waals surface area (Å²) in [7, 11) is 1.82. The minimum absolute atomic E-state index is 0.181. The van der Waals surface area contributed by atoms with E-state index in [0.717, 1.165) is 11.1 Å². The van der Waals surface area contributed by atoms with Crippen LogP contribution in [0.2, 0.25) is 5.02 Å². The number of hydrogen-bond acceptors (Lipinski definition) is 3. The third-order valence-corrected chi connectivity index (χ3v) is 4.59. The Hall–Kier alpha value is -2.86. The van der Waals surface area contributed by atoms with Gasteiger partial charge in [0, 0.05) is 24.5 Å². The van der Waals surface area contributed by atoms with E-state index < -0.39 is 6.04 Å². The van der Waals surface area contributed by atoms with Crippen molar-refractivity contribution < 1.29 is 13.9 Å². The SMILES string of the molecule is Cc1cc(Cl)cc(C)c1OCC(=O)N[C@H](c1cccc(F)c1)c1nccn1C. The van der Waals surface area contributed by atoms with Gasteiger partial charge < -0.3 is 14.6 Å². The van der Waals surface area contributed by atoms with Gasteiger partial charge in [-0.3, -0.25) is 4.79 Å². The number of halogens is 2. The average Bonchev–Trinajstić information content (AvgIpc) is 3.04. The summed E-state index contributed by atoms with van der Waals surface area (Å²) in [6.07, 6.45) is 3.40. The summed E-state index contributed by atoms with van der Waals surface area (Å²) in [6.45, 7) is 3.56. The van der Waals surface area contributed by atoms with Gasteiger partial charge in [0.25, 0.3) is 5.91 Å². The van der Waals surface area contributed by atoms with E-state index in [2.05, 4.69) is 10.3 Å². The molecule has 5 nitrogen and oxygen atoms in total. The number of benzene rings is 2. The zero-order chi connectivity index (χ0) is 20.3. The second kappa shape index (κ2) is 8.44. The predicted octanol–water partition coefficient (Wildman–Crippen LogP) is 4.11. The molecule has 0 bridgehead atoms. The standard InChI is InChI=1S/C21H21ClFN3O2/c1-13-9-16(22)10-14(2)20(13)28-12-18(27)25-19(21-24-7-8-26(21)3)15-5-4-6-17(23)11-15/h4-11,19H,12H2,1-3H3,(H,25,27)/t19-/m1/s1. The molecule has 1 amide bonds. The first-order valence-electron chi connectivity index (χ1n) is 8.76. The maximum Gasteiger partial charge on any atom is 0.258 e. The number of hydrogen-bond donors (Lipinski definition) is 1. The molecule has 1 heterocycles. The van der Waals surface area contributed by atoms with Crippen molar-refractivity contribution in [3.8, 4) is 5.75 Å². The second-order valence-corrected chi connectivity index (χ2v) is 7.05. The van der Waals surface area contributed by atoms with Gasteiger partial charge in [0.1, 0.15) is 23.4 Å². The number of carbonyl (C=O) groups is 1. The number of amides is 1. The summed E-state index contributed by atoms with van der Waals surface area (Å²) in [5.41, 5.74) is 2.30. The van der Waals surface area contributed by atoms with Gasteiger partial charge in [-0.05, 0) is 54.8 Å². The number of carbonyl (C=O) groups excluding carboxylic acids is 1. The van der Waals surface area contributed by atoms with Crippen LogP contribution in [0, 0.1) is 19.7 Å². The van der Waals surface area contributed by atoms with E-state index in [9.17, 15) is 9.18 Å². The van der Waals surface area contributed by atoms with E-state index in [4.69, 9.17) is 16.3 Å². The fourth-order valence-electron chi connectivity index (χ4n) is 3.10. The van der Waals surface area contributed by atoms with Crippen LogP contribution >= 0.6 is 11.6 Å². The van der Waals surface area contributed by atoms with E-state index in [1.165, 1.54) is 12.1 Å². The van der Waals surface area contributed by atoms with E-state index in [1.54, 1.807) is 41.2 Å². The summed E-state index contributed by atoms with van der Waals surface area (Å²) in [5.74, 6) is 0.497. The minimum atomic E-state index is -0.598. The van der Waals surface area contributed by atoms with Gasteiger partial charge >= 0.3 is 0 Å². The van der Waals surface area contributed by atoms with Crippen molar-refractivity contribution in [2.75, 3.05) is 6.61 Å². The highest BCUT2D eigenvalue weighted by Gasteiger charge is 2.21. The Kier molecular flexibility index (Phi) is 5.99. The predicted molar refractivity (Wildman–Crippen MR) is 106 cm³/mol. The molecule has 0 spiro atoms. The van der Waals surface area contributed by atoms with Crippen LogP contribution in [0.5, 0.6) is 5.75 Å². The molecule has 1 atom stereocenters. The first-order valence-corrected chi connectivity index (χ1v) is 9.14. The lowest BCUT2D eigenvalue weighted by Gasteiger charge is -2.20. The normalized spacial score (nSPS) is 11.9. The number of rotatable bonds is 6. The first-order chi connectivity index (χ1) is 13.3. The van der Waals surface area contributed by atoms with Crippen LogP contribution in [0.25, 0.3) is 0 Å². The first kappa shape index (κ1) is 19.9. The number of nitrogens with one attached hydrogen (secondary N) is 1. The summed E-state index contributed by atoms with van der Waals surface area (Å²) in [6, 6.07) is 9.06.